The molecule has 0 rings (SSSR count). The van der Waals surface area contributed by atoms with Gasteiger partial charge in [-0.15, -0.1) is 5.92 Å². The molecule has 0 heterocycles. The van der Waals surface area contributed by atoms with Crippen LogP contribution >= 0.6 is 0 Å². The van der Waals surface area contributed by atoms with Crippen molar-refractivity contribution >= 4 is 5.91 Å². The lowest BCUT2D eigenvalue weighted by Crippen LogP contribution is -2.43. The van der Waals surface area contributed by atoms with Crippen molar-refractivity contribution in [3.63, 3.8) is 0 Å². The number of amides is 1. The van der Waals surface area contributed by atoms with E-state index >= 15 is 0 Å². The molecule has 2 atom stereocenters. The molecule has 12 heavy (non-hydrogen) atoms. The van der Waals surface area contributed by atoms with Gasteiger partial charge in [0, 0.05) is 12.5 Å². The monoisotopic (exact) mass is 169 g/mol. The van der Waals surface area contributed by atoms with E-state index in [0.717, 1.165) is 0 Å². The molecular weight excluding hydrogens is 154 g/mol. The number of carbonyl (C=O) groups is 1. The summed E-state index contributed by atoms with van der Waals surface area (Å²) < 4.78 is 0. The van der Waals surface area contributed by atoms with Crippen molar-refractivity contribution in [2.75, 3.05) is 0 Å². The summed E-state index contributed by atoms with van der Waals surface area (Å²) in [6, 6.07) is -0.0293. The highest BCUT2D eigenvalue weighted by Gasteiger charge is 2.07. The second-order valence-electron chi connectivity index (χ2n) is 2.61. The summed E-state index contributed by atoms with van der Waals surface area (Å²) in [7, 11) is 0. The van der Waals surface area contributed by atoms with Crippen LogP contribution < -0.4 is 16.8 Å². The summed E-state index contributed by atoms with van der Waals surface area (Å²) >= 11 is 0. The quantitative estimate of drug-likeness (QED) is 0.378. The molecule has 0 aliphatic carbocycles. The second-order valence-corrected chi connectivity index (χ2v) is 2.61. The molecule has 0 aromatic heterocycles. The van der Waals surface area contributed by atoms with E-state index in [4.69, 9.17) is 11.5 Å². The van der Waals surface area contributed by atoms with Gasteiger partial charge in [-0.05, 0) is 13.8 Å². The molecule has 0 aliphatic heterocycles. The van der Waals surface area contributed by atoms with E-state index in [0.29, 0.717) is 0 Å². The first-order valence-electron chi connectivity index (χ1n) is 3.78. The zero-order valence-corrected chi connectivity index (χ0v) is 7.42. The van der Waals surface area contributed by atoms with Crippen LogP contribution in [0.2, 0.25) is 0 Å². The second kappa shape index (κ2) is 5.58. The lowest BCUT2D eigenvalue weighted by molar-refractivity contribution is -0.118. The van der Waals surface area contributed by atoms with Gasteiger partial charge in [0.1, 0.15) is 6.17 Å². The van der Waals surface area contributed by atoms with Gasteiger partial charge in [-0.3, -0.25) is 10.1 Å². The van der Waals surface area contributed by atoms with E-state index in [9.17, 15) is 4.79 Å². The Morgan fingerprint density at radius 1 is 1.67 bits per heavy atom. The minimum atomic E-state index is -0.385. The molecule has 1 amide bonds. The summed E-state index contributed by atoms with van der Waals surface area (Å²) in [4.78, 5) is 10.5. The predicted octanol–water partition coefficient (Wildman–Crippen LogP) is -0.852. The van der Waals surface area contributed by atoms with Crippen molar-refractivity contribution < 1.29 is 4.79 Å². The molecule has 0 saturated heterocycles. The van der Waals surface area contributed by atoms with Crippen LogP contribution in [-0.4, -0.2) is 18.1 Å². The van der Waals surface area contributed by atoms with Crippen LogP contribution in [-0.2, 0) is 4.79 Å². The molecule has 0 fully saturated rings. The lowest BCUT2D eigenvalue weighted by Gasteiger charge is -2.13. The first-order chi connectivity index (χ1) is 5.56. The maximum absolute atomic E-state index is 10.5. The molecule has 2 unspecified atom stereocenters. The number of nitrogens with one attached hydrogen (secondary N) is 1. The van der Waals surface area contributed by atoms with Crippen LogP contribution in [0.3, 0.4) is 0 Å². The average Bonchev–Trinajstić information content (AvgIpc) is 1.84. The van der Waals surface area contributed by atoms with Gasteiger partial charge in [-0.2, -0.15) is 0 Å². The zero-order valence-electron chi connectivity index (χ0n) is 7.42. The van der Waals surface area contributed by atoms with E-state index < -0.39 is 0 Å². The molecule has 0 spiro atoms. The number of nitrogens with two attached hydrogens (primary N) is 2. The Bertz CT molecular complexity index is 204. The molecule has 0 bridgehead atoms. The van der Waals surface area contributed by atoms with Crippen molar-refractivity contribution in [3.8, 4) is 11.8 Å². The number of primary amides is 1. The SMILES string of the molecule is CC#CC(N)NC(C)CC(N)=O. The predicted molar refractivity (Wildman–Crippen MR) is 47.8 cm³/mol. The summed E-state index contributed by atoms with van der Waals surface area (Å²) in [5, 5.41) is 2.92. The van der Waals surface area contributed by atoms with Crippen LogP contribution in [0.5, 0.6) is 0 Å². The van der Waals surface area contributed by atoms with Crippen molar-refractivity contribution in [1.82, 2.24) is 5.32 Å². The maximum Gasteiger partial charge on any atom is 0.218 e. The lowest BCUT2D eigenvalue weighted by atomic mass is 10.2. The number of carbonyl (C=O) groups excluding carboxylic acids is 1. The molecule has 4 nitrogen and oxygen atoms in total. The van der Waals surface area contributed by atoms with Gasteiger partial charge in [-0.1, -0.05) is 5.92 Å². The summed E-state index contributed by atoms with van der Waals surface area (Å²) in [6.45, 7) is 3.54. The Morgan fingerprint density at radius 3 is 2.67 bits per heavy atom. The minimum absolute atomic E-state index is 0.0293. The minimum Gasteiger partial charge on any atom is -0.370 e. The van der Waals surface area contributed by atoms with E-state index in [-0.39, 0.29) is 24.5 Å². The standard InChI is InChI=1S/C8H15N3O/c1-3-4-7(9)11-6(2)5-8(10)12/h6-7,11H,5,9H2,1-2H3,(H2,10,12). The van der Waals surface area contributed by atoms with Crippen LogP contribution in [0.4, 0.5) is 0 Å². The smallest absolute Gasteiger partial charge is 0.218 e. The van der Waals surface area contributed by atoms with E-state index in [2.05, 4.69) is 17.2 Å². The van der Waals surface area contributed by atoms with Gasteiger partial charge in [0.15, 0.2) is 0 Å². The first kappa shape index (κ1) is 11.0. The molecule has 0 aromatic carbocycles. The van der Waals surface area contributed by atoms with Crippen molar-refractivity contribution in [3.05, 3.63) is 0 Å². The molecule has 5 N–H and O–H groups in total. The largest absolute Gasteiger partial charge is 0.370 e. The number of rotatable bonds is 4. The molecule has 4 heteroatoms. The normalized spacial score (nSPS) is 14.2. The van der Waals surface area contributed by atoms with Crippen molar-refractivity contribution in [2.45, 2.75) is 32.5 Å². The Morgan fingerprint density at radius 2 is 2.25 bits per heavy atom. The van der Waals surface area contributed by atoms with Gasteiger partial charge in [0.05, 0.1) is 0 Å². The van der Waals surface area contributed by atoms with E-state index in [1.807, 2.05) is 6.92 Å². The fourth-order valence-electron chi connectivity index (χ4n) is 0.864. The molecule has 0 aliphatic rings. The number of hydrogen-bond donors (Lipinski definition) is 3. The Balaban J connectivity index is 3.73. The Labute approximate surface area is 72.7 Å². The zero-order chi connectivity index (χ0) is 9.56. The van der Waals surface area contributed by atoms with Crippen LogP contribution in [0.25, 0.3) is 0 Å². The number of hydrogen-bond acceptors (Lipinski definition) is 3. The van der Waals surface area contributed by atoms with Crippen molar-refractivity contribution in [2.24, 2.45) is 11.5 Å². The summed E-state index contributed by atoms with van der Waals surface area (Å²) in [5.41, 5.74) is 10.5. The fourth-order valence-corrected chi connectivity index (χ4v) is 0.864. The molecule has 0 aromatic rings. The van der Waals surface area contributed by atoms with Gasteiger partial charge in [0.2, 0.25) is 5.91 Å². The maximum atomic E-state index is 10.5. The molecular formula is C8H15N3O. The third-order valence-corrected chi connectivity index (χ3v) is 1.27. The third kappa shape index (κ3) is 5.71. The molecule has 0 radical (unpaired) electrons. The summed E-state index contributed by atoms with van der Waals surface area (Å²) in [6.07, 6.45) is -0.108. The van der Waals surface area contributed by atoms with Crippen LogP contribution in [0.1, 0.15) is 20.3 Å². The van der Waals surface area contributed by atoms with E-state index in [1.165, 1.54) is 0 Å². The van der Waals surface area contributed by atoms with Gasteiger partial charge in [-0.25, -0.2) is 0 Å². The highest BCUT2D eigenvalue weighted by Crippen LogP contribution is 1.88. The third-order valence-electron chi connectivity index (χ3n) is 1.27. The average molecular weight is 169 g/mol. The topological polar surface area (TPSA) is 81.1 Å². The fraction of sp³-hybridized carbons (Fsp3) is 0.625. The van der Waals surface area contributed by atoms with Gasteiger partial charge >= 0.3 is 0 Å². The highest BCUT2D eigenvalue weighted by atomic mass is 16.1. The van der Waals surface area contributed by atoms with Gasteiger partial charge < -0.3 is 11.5 Å². The summed E-state index contributed by atoms with van der Waals surface area (Å²) in [5.74, 6) is 5.05. The molecule has 68 valence electrons. The van der Waals surface area contributed by atoms with Crippen LogP contribution in [0, 0.1) is 11.8 Å². The van der Waals surface area contributed by atoms with Crippen molar-refractivity contribution in [1.29, 1.82) is 0 Å². The molecule has 0 saturated carbocycles. The first-order valence-corrected chi connectivity index (χ1v) is 3.78. The highest BCUT2D eigenvalue weighted by molar-refractivity contribution is 5.74. The Kier molecular flexibility index (Phi) is 5.09. The Hall–Kier alpha value is -1.05. The van der Waals surface area contributed by atoms with Gasteiger partial charge in [0.25, 0.3) is 0 Å². The van der Waals surface area contributed by atoms with Crippen LogP contribution in [0.15, 0.2) is 0 Å². The van der Waals surface area contributed by atoms with E-state index in [1.54, 1.807) is 6.92 Å².